The quantitative estimate of drug-likeness (QED) is 0.907. The number of hydrogen-bond acceptors (Lipinski definition) is 3. The highest BCUT2D eigenvalue weighted by atomic mass is 16.3. The van der Waals surface area contributed by atoms with Gasteiger partial charge in [0.05, 0.1) is 5.69 Å². The van der Waals surface area contributed by atoms with Crippen molar-refractivity contribution >= 4 is 0 Å². The molecule has 0 fully saturated rings. The lowest BCUT2D eigenvalue weighted by molar-refractivity contribution is 0.472. The fraction of sp³-hybridized carbons (Fsp3) is 0.471. The molecule has 1 atom stereocenters. The Morgan fingerprint density at radius 1 is 1.33 bits per heavy atom. The van der Waals surface area contributed by atoms with Crippen molar-refractivity contribution < 1.29 is 5.11 Å². The average molecular weight is 287 g/mol. The summed E-state index contributed by atoms with van der Waals surface area (Å²) in [7, 11) is 1.96. The normalized spacial score (nSPS) is 13.4. The summed E-state index contributed by atoms with van der Waals surface area (Å²) >= 11 is 0. The van der Waals surface area contributed by atoms with E-state index in [4.69, 9.17) is 0 Å². The Bertz CT molecular complexity index is 611. The molecule has 0 saturated carbocycles. The van der Waals surface area contributed by atoms with E-state index in [9.17, 15) is 5.11 Å². The maximum absolute atomic E-state index is 9.56. The second-order valence-electron chi connectivity index (χ2n) is 6.62. The van der Waals surface area contributed by atoms with Gasteiger partial charge >= 0.3 is 0 Å². The molecule has 2 N–H and O–H groups in total. The highest BCUT2D eigenvalue weighted by Crippen LogP contribution is 2.25. The van der Waals surface area contributed by atoms with E-state index in [2.05, 4.69) is 44.3 Å². The fourth-order valence-corrected chi connectivity index (χ4v) is 2.47. The largest absolute Gasteiger partial charge is 0.508 e. The molecule has 0 spiro atoms. The van der Waals surface area contributed by atoms with Crippen molar-refractivity contribution in [2.45, 2.75) is 45.7 Å². The van der Waals surface area contributed by atoms with Gasteiger partial charge in [0, 0.05) is 36.8 Å². The lowest BCUT2D eigenvalue weighted by Gasteiger charge is -2.19. The van der Waals surface area contributed by atoms with Gasteiger partial charge in [-0.1, -0.05) is 32.9 Å². The summed E-state index contributed by atoms with van der Waals surface area (Å²) in [6.07, 6.45) is 2.07. The summed E-state index contributed by atoms with van der Waals surface area (Å²) < 4.78 is 1.87. The Labute approximate surface area is 126 Å². The van der Waals surface area contributed by atoms with E-state index in [0.717, 1.165) is 17.8 Å². The predicted molar refractivity (Wildman–Crippen MR) is 85.3 cm³/mol. The summed E-state index contributed by atoms with van der Waals surface area (Å²) in [5.74, 6) is 0.304. The lowest BCUT2D eigenvalue weighted by atomic mass is 9.89. The second kappa shape index (κ2) is 5.90. The molecule has 1 heterocycles. The van der Waals surface area contributed by atoms with Gasteiger partial charge in [-0.3, -0.25) is 4.68 Å². The molecule has 2 rings (SSSR count). The Balaban J connectivity index is 2.10. The number of phenols is 1. The van der Waals surface area contributed by atoms with Crippen LogP contribution in [0.4, 0.5) is 0 Å². The van der Waals surface area contributed by atoms with Gasteiger partial charge in [0.2, 0.25) is 0 Å². The van der Waals surface area contributed by atoms with Gasteiger partial charge in [-0.05, 0) is 24.6 Å². The smallest absolute Gasteiger partial charge is 0.115 e. The van der Waals surface area contributed by atoms with Crippen molar-refractivity contribution in [3.05, 3.63) is 47.3 Å². The standard InChI is InChI=1S/C17H25N3O/c1-12(13-7-6-8-15(21)9-13)18-10-14-11-20(5)19-16(14)17(2,3)4/h6-9,11-12,18,21H,10H2,1-5H3. The van der Waals surface area contributed by atoms with Gasteiger partial charge < -0.3 is 10.4 Å². The van der Waals surface area contributed by atoms with Crippen LogP contribution in [0, 0.1) is 0 Å². The van der Waals surface area contributed by atoms with Crippen LogP contribution >= 0.6 is 0 Å². The van der Waals surface area contributed by atoms with Gasteiger partial charge in [0.15, 0.2) is 0 Å². The number of benzene rings is 1. The highest BCUT2D eigenvalue weighted by Gasteiger charge is 2.21. The minimum Gasteiger partial charge on any atom is -0.508 e. The summed E-state index contributed by atoms with van der Waals surface area (Å²) in [6.45, 7) is 9.39. The molecule has 21 heavy (non-hydrogen) atoms. The first-order valence-electron chi connectivity index (χ1n) is 7.32. The maximum Gasteiger partial charge on any atom is 0.115 e. The molecule has 1 aromatic heterocycles. The van der Waals surface area contributed by atoms with Crippen LogP contribution in [0.3, 0.4) is 0 Å². The summed E-state index contributed by atoms with van der Waals surface area (Å²) in [5, 5.41) is 17.6. The number of nitrogens with one attached hydrogen (secondary N) is 1. The monoisotopic (exact) mass is 287 g/mol. The third-order valence-corrected chi connectivity index (χ3v) is 3.58. The topological polar surface area (TPSA) is 50.1 Å². The molecule has 0 aliphatic carbocycles. The van der Waals surface area contributed by atoms with E-state index in [1.165, 1.54) is 5.56 Å². The number of aromatic hydroxyl groups is 1. The molecule has 114 valence electrons. The molecule has 4 heteroatoms. The van der Waals surface area contributed by atoms with E-state index in [0.29, 0.717) is 5.75 Å². The van der Waals surface area contributed by atoms with Crippen LogP contribution in [0.15, 0.2) is 30.5 Å². The van der Waals surface area contributed by atoms with E-state index in [1.807, 2.05) is 23.9 Å². The lowest BCUT2D eigenvalue weighted by Crippen LogP contribution is -2.21. The van der Waals surface area contributed by atoms with Crippen LogP contribution in [0.2, 0.25) is 0 Å². The highest BCUT2D eigenvalue weighted by molar-refractivity contribution is 5.29. The zero-order chi connectivity index (χ0) is 15.6. The first-order chi connectivity index (χ1) is 9.77. The van der Waals surface area contributed by atoms with E-state index >= 15 is 0 Å². The van der Waals surface area contributed by atoms with Crippen molar-refractivity contribution in [1.29, 1.82) is 0 Å². The third kappa shape index (κ3) is 3.85. The molecule has 0 bridgehead atoms. The van der Waals surface area contributed by atoms with Crippen LogP contribution in [0.1, 0.15) is 50.6 Å². The SMILES string of the molecule is CC(NCc1cn(C)nc1C(C)(C)C)c1cccc(O)c1. The van der Waals surface area contributed by atoms with Crippen molar-refractivity contribution in [3.8, 4) is 5.75 Å². The van der Waals surface area contributed by atoms with Crippen LogP contribution in [-0.4, -0.2) is 14.9 Å². The molecule has 0 aliphatic heterocycles. The number of rotatable bonds is 4. The van der Waals surface area contributed by atoms with Crippen molar-refractivity contribution in [2.24, 2.45) is 7.05 Å². The Morgan fingerprint density at radius 2 is 2.05 bits per heavy atom. The first-order valence-corrected chi connectivity index (χ1v) is 7.32. The molecule has 4 nitrogen and oxygen atoms in total. The molecule has 0 amide bonds. The minimum absolute atomic E-state index is 0.0343. The molecule has 0 radical (unpaired) electrons. The van der Waals surface area contributed by atoms with Crippen LogP contribution in [-0.2, 0) is 19.0 Å². The van der Waals surface area contributed by atoms with Gasteiger partial charge in [0.25, 0.3) is 0 Å². The molecule has 0 saturated heterocycles. The van der Waals surface area contributed by atoms with Crippen LogP contribution in [0.5, 0.6) is 5.75 Å². The number of nitrogens with zero attached hydrogens (tertiary/aromatic N) is 2. The van der Waals surface area contributed by atoms with Crippen molar-refractivity contribution in [2.75, 3.05) is 0 Å². The first kappa shape index (κ1) is 15.6. The zero-order valence-electron chi connectivity index (χ0n) is 13.5. The number of aryl methyl sites for hydroxylation is 1. The number of hydrogen-bond donors (Lipinski definition) is 2. The molecule has 1 aromatic carbocycles. The molecular formula is C17H25N3O. The van der Waals surface area contributed by atoms with Crippen LogP contribution < -0.4 is 5.32 Å². The van der Waals surface area contributed by atoms with Crippen LogP contribution in [0.25, 0.3) is 0 Å². The van der Waals surface area contributed by atoms with E-state index < -0.39 is 0 Å². The summed E-state index contributed by atoms with van der Waals surface area (Å²) in [5.41, 5.74) is 3.46. The third-order valence-electron chi connectivity index (χ3n) is 3.58. The maximum atomic E-state index is 9.56. The average Bonchev–Trinajstić information content (AvgIpc) is 2.77. The predicted octanol–water partition coefficient (Wildman–Crippen LogP) is 3.27. The summed E-state index contributed by atoms with van der Waals surface area (Å²) in [4.78, 5) is 0. The molecule has 2 aromatic rings. The number of aromatic nitrogens is 2. The Morgan fingerprint density at radius 3 is 2.67 bits per heavy atom. The van der Waals surface area contributed by atoms with Crippen molar-refractivity contribution in [1.82, 2.24) is 15.1 Å². The molecular weight excluding hydrogens is 262 g/mol. The van der Waals surface area contributed by atoms with E-state index in [1.54, 1.807) is 12.1 Å². The summed E-state index contributed by atoms with van der Waals surface area (Å²) in [6, 6.07) is 7.55. The van der Waals surface area contributed by atoms with Gasteiger partial charge in [-0.2, -0.15) is 5.10 Å². The Hall–Kier alpha value is -1.81. The van der Waals surface area contributed by atoms with Gasteiger partial charge in [-0.25, -0.2) is 0 Å². The van der Waals surface area contributed by atoms with Crippen molar-refractivity contribution in [3.63, 3.8) is 0 Å². The number of phenolic OH excluding ortho intramolecular Hbond substituents is 1. The second-order valence-corrected chi connectivity index (χ2v) is 6.62. The fourth-order valence-electron chi connectivity index (χ4n) is 2.47. The van der Waals surface area contributed by atoms with Gasteiger partial charge in [0.1, 0.15) is 5.75 Å². The molecule has 1 unspecified atom stereocenters. The van der Waals surface area contributed by atoms with Gasteiger partial charge in [-0.15, -0.1) is 0 Å². The molecule has 0 aliphatic rings. The minimum atomic E-state index is 0.0343. The van der Waals surface area contributed by atoms with E-state index in [-0.39, 0.29) is 11.5 Å². The zero-order valence-corrected chi connectivity index (χ0v) is 13.5. The Kier molecular flexibility index (Phi) is 4.37.